The zero-order valence-electron chi connectivity index (χ0n) is 16.3. The summed E-state index contributed by atoms with van der Waals surface area (Å²) in [5, 5.41) is 17.9. The standard InChI is InChI=1S/C22H27FN4O/c1-3-24-22(27-14-20(28)18-8-4-5-10-19(18)23)25-12-11-16-13-26-21-15(2)7-6-9-17(16)21/h4-10,13,20,26,28H,3,11-12,14H2,1-2H3,(H2,24,25,27). The Morgan fingerprint density at radius 1 is 1.18 bits per heavy atom. The van der Waals surface area contributed by atoms with Gasteiger partial charge >= 0.3 is 0 Å². The number of para-hydroxylation sites is 1. The fraction of sp³-hybridized carbons (Fsp3) is 0.318. The molecular weight excluding hydrogens is 355 g/mol. The van der Waals surface area contributed by atoms with Crippen LogP contribution < -0.4 is 10.6 Å². The highest BCUT2D eigenvalue weighted by Crippen LogP contribution is 2.21. The lowest BCUT2D eigenvalue weighted by molar-refractivity contribution is 0.182. The van der Waals surface area contributed by atoms with Crippen LogP contribution in [0.2, 0.25) is 0 Å². The number of guanidine groups is 1. The SMILES string of the molecule is CCNC(=NCC(O)c1ccccc1F)NCCc1c[nH]c2c(C)cccc12. The zero-order chi connectivity index (χ0) is 19.9. The molecule has 5 nitrogen and oxygen atoms in total. The average Bonchev–Trinajstić information content (AvgIpc) is 3.11. The molecule has 0 bridgehead atoms. The largest absolute Gasteiger partial charge is 0.386 e. The smallest absolute Gasteiger partial charge is 0.191 e. The molecule has 0 aliphatic carbocycles. The maximum atomic E-state index is 13.8. The predicted molar refractivity (Wildman–Crippen MR) is 112 cm³/mol. The minimum atomic E-state index is -0.978. The van der Waals surface area contributed by atoms with Gasteiger partial charge in [0, 0.05) is 35.8 Å². The van der Waals surface area contributed by atoms with Gasteiger partial charge in [-0.1, -0.05) is 36.4 Å². The Bertz CT molecular complexity index is 951. The third kappa shape index (κ3) is 4.70. The number of aliphatic hydroxyl groups excluding tert-OH is 1. The molecule has 0 aliphatic heterocycles. The number of hydrogen-bond donors (Lipinski definition) is 4. The third-order valence-corrected chi connectivity index (χ3v) is 4.73. The zero-order valence-corrected chi connectivity index (χ0v) is 16.3. The third-order valence-electron chi connectivity index (χ3n) is 4.73. The van der Waals surface area contributed by atoms with Gasteiger partial charge in [0.25, 0.3) is 0 Å². The van der Waals surface area contributed by atoms with Crippen LogP contribution in [0.15, 0.2) is 53.7 Å². The van der Waals surface area contributed by atoms with Crippen LogP contribution in [-0.2, 0) is 6.42 Å². The molecule has 0 saturated carbocycles. The number of fused-ring (bicyclic) bond motifs is 1. The van der Waals surface area contributed by atoms with Gasteiger partial charge < -0.3 is 20.7 Å². The van der Waals surface area contributed by atoms with E-state index >= 15 is 0 Å². The van der Waals surface area contributed by atoms with E-state index in [0.717, 1.165) is 6.42 Å². The van der Waals surface area contributed by atoms with Gasteiger partial charge in [-0.3, -0.25) is 4.99 Å². The number of aromatic nitrogens is 1. The fourth-order valence-corrected chi connectivity index (χ4v) is 3.25. The van der Waals surface area contributed by atoms with E-state index in [9.17, 15) is 9.50 Å². The van der Waals surface area contributed by atoms with Crippen molar-refractivity contribution in [1.29, 1.82) is 0 Å². The van der Waals surface area contributed by atoms with Crippen LogP contribution in [0.3, 0.4) is 0 Å². The van der Waals surface area contributed by atoms with E-state index in [1.54, 1.807) is 18.2 Å². The highest BCUT2D eigenvalue weighted by molar-refractivity contribution is 5.86. The molecule has 1 unspecified atom stereocenters. The number of aliphatic imine (C=N–C) groups is 1. The lowest BCUT2D eigenvalue weighted by Gasteiger charge is -2.13. The van der Waals surface area contributed by atoms with Crippen LogP contribution in [0.5, 0.6) is 0 Å². The first-order valence-electron chi connectivity index (χ1n) is 9.60. The van der Waals surface area contributed by atoms with Crippen molar-refractivity contribution in [2.24, 2.45) is 4.99 Å². The first-order chi connectivity index (χ1) is 13.6. The number of aryl methyl sites for hydroxylation is 1. The highest BCUT2D eigenvalue weighted by atomic mass is 19.1. The van der Waals surface area contributed by atoms with Crippen molar-refractivity contribution in [1.82, 2.24) is 15.6 Å². The molecule has 1 atom stereocenters. The van der Waals surface area contributed by atoms with E-state index in [1.165, 1.54) is 28.1 Å². The van der Waals surface area contributed by atoms with Crippen molar-refractivity contribution >= 4 is 16.9 Å². The quantitative estimate of drug-likeness (QED) is 0.374. The Hall–Kier alpha value is -2.86. The number of aromatic amines is 1. The number of H-pyrrole nitrogens is 1. The first-order valence-corrected chi connectivity index (χ1v) is 9.60. The highest BCUT2D eigenvalue weighted by Gasteiger charge is 2.12. The molecule has 3 aromatic rings. The summed E-state index contributed by atoms with van der Waals surface area (Å²) < 4.78 is 13.8. The molecular formula is C22H27FN4O. The summed E-state index contributed by atoms with van der Waals surface area (Å²) >= 11 is 0. The van der Waals surface area contributed by atoms with Gasteiger partial charge in [-0.15, -0.1) is 0 Å². The summed E-state index contributed by atoms with van der Waals surface area (Å²) in [5.74, 6) is 0.187. The summed E-state index contributed by atoms with van der Waals surface area (Å²) in [4.78, 5) is 7.74. The van der Waals surface area contributed by atoms with Crippen LogP contribution in [0.1, 0.15) is 29.7 Å². The summed E-state index contributed by atoms with van der Waals surface area (Å²) in [7, 11) is 0. The predicted octanol–water partition coefficient (Wildman–Crippen LogP) is 3.45. The second kappa shape index (κ2) is 9.37. The number of halogens is 1. The van der Waals surface area contributed by atoms with Gasteiger partial charge in [-0.25, -0.2) is 4.39 Å². The Morgan fingerprint density at radius 3 is 2.79 bits per heavy atom. The van der Waals surface area contributed by atoms with Gasteiger partial charge in [-0.05, 0) is 37.5 Å². The Kier molecular flexibility index (Phi) is 6.66. The lowest BCUT2D eigenvalue weighted by atomic mass is 10.1. The minimum Gasteiger partial charge on any atom is -0.386 e. The summed E-state index contributed by atoms with van der Waals surface area (Å²) in [6.45, 7) is 5.56. The molecule has 2 aromatic carbocycles. The van der Waals surface area contributed by atoms with Crippen molar-refractivity contribution < 1.29 is 9.50 Å². The van der Waals surface area contributed by atoms with E-state index in [2.05, 4.69) is 45.7 Å². The van der Waals surface area contributed by atoms with Crippen LogP contribution in [0, 0.1) is 12.7 Å². The van der Waals surface area contributed by atoms with E-state index < -0.39 is 11.9 Å². The van der Waals surface area contributed by atoms with Crippen molar-refractivity contribution in [2.45, 2.75) is 26.4 Å². The molecule has 4 N–H and O–H groups in total. The van der Waals surface area contributed by atoms with E-state index in [4.69, 9.17) is 0 Å². The van der Waals surface area contributed by atoms with E-state index in [-0.39, 0.29) is 12.1 Å². The Morgan fingerprint density at radius 2 is 2.00 bits per heavy atom. The number of benzene rings is 2. The molecule has 1 aromatic heterocycles. The van der Waals surface area contributed by atoms with Crippen LogP contribution in [-0.4, -0.2) is 35.7 Å². The van der Waals surface area contributed by atoms with Crippen molar-refractivity contribution in [2.75, 3.05) is 19.6 Å². The fourth-order valence-electron chi connectivity index (χ4n) is 3.25. The molecule has 0 radical (unpaired) electrons. The van der Waals surface area contributed by atoms with Gasteiger partial charge in [0.05, 0.1) is 6.54 Å². The normalized spacial score (nSPS) is 12.9. The lowest BCUT2D eigenvalue weighted by Crippen LogP contribution is -2.38. The number of nitrogens with one attached hydrogen (secondary N) is 3. The molecule has 148 valence electrons. The molecule has 1 heterocycles. The average molecular weight is 382 g/mol. The molecule has 28 heavy (non-hydrogen) atoms. The second-order valence-electron chi connectivity index (χ2n) is 6.75. The molecule has 3 rings (SSSR count). The van der Waals surface area contributed by atoms with Crippen molar-refractivity contribution in [3.63, 3.8) is 0 Å². The molecule has 0 saturated heterocycles. The number of nitrogens with zero attached hydrogens (tertiary/aromatic N) is 1. The summed E-state index contributed by atoms with van der Waals surface area (Å²) in [6.07, 6.45) is 1.91. The van der Waals surface area contributed by atoms with E-state index in [0.29, 0.717) is 19.0 Å². The Balaban J connectivity index is 1.60. The van der Waals surface area contributed by atoms with Gasteiger partial charge in [0.15, 0.2) is 5.96 Å². The second-order valence-corrected chi connectivity index (χ2v) is 6.75. The molecule has 0 aliphatic rings. The van der Waals surface area contributed by atoms with Gasteiger partial charge in [-0.2, -0.15) is 0 Å². The van der Waals surface area contributed by atoms with Crippen molar-refractivity contribution in [3.05, 3.63) is 71.2 Å². The number of hydrogen-bond acceptors (Lipinski definition) is 2. The first kappa shape index (κ1) is 19.9. The molecule has 6 heteroatoms. The van der Waals surface area contributed by atoms with Crippen molar-refractivity contribution in [3.8, 4) is 0 Å². The minimum absolute atomic E-state index is 0.0859. The summed E-state index contributed by atoms with van der Waals surface area (Å²) in [5.41, 5.74) is 3.91. The number of rotatable bonds is 7. The molecule has 0 amide bonds. The molecule has 0 fully saturated rings. The topological polar surface area (TPSA) is 72.4 Å². The maximum absolute atomic E-state index is 13.8. The van der Waals surface area contributed by atoms with Gasteiger partial charge in [0.2, 0.25) is 0 Å². The van der Waals surface area contributed by atoms with Gasteiger partial charge in [0.1, 0.15) is 11.9 Å². The monoisotopic (exact) mass is 382 g/mol. The molecule has 0 spiro atoms. The van der Waals surface area contributed by atoms with Crippen LogP contribution in [0.25, 0.3) is 10.9 Å². The van der Waals surface area contributed by atoms with E-state index in [1.807, 2.05) is 13.1 Å². The number of aliphatic hydroxyl groups is 1. The summed E-state index contributed by atoms with van der Waals surface area (Å²) in [6, 6.07) is 12.5. The Labute approximate surface area is 164 Å². The maximum Gasteiger partial charge on any atom is 0.191 e. The van der Waals surface area contributed by atoms with Crippen LogP contribution in [0.4, 0.5) is 4.39 Å². The van der Waals surface area contributed by atoms with Crippen LogP contribution >= 0.6 is 0 Å².